The highest BCUT2D eigenvalue weighted by atomic mass is 79.9. The van der Waals surface area contributed by atoms with E-state index in [0.717, 1.165) is 29.3 Å². The highest BCUT2D eigenvalue weighted by Gasteiger charge is 2.55. The molecule has 5 nitrogen and oxygen atoms in total. The first-order valence-electron chi connectivity index (χ1n) is 10.3. The number of hydrogen-bond acceptors (Lipinski definition) is 5. The van der Waals surface area contributed by atoms with Crippen LogP contribution in [0.4, 0.5) is 0 Å². The van der Waals surface area contributed by atoms with Gasteiger partial charge in [0.25, 0.3) is 5.91 Å². The van der Waals surface area contributed by atoms with Crippen LogP contribution in [0, 0.1) is 23.2 Å². The Morgan fingerprint density at radius 2 is 1.90 bits per heavy atom. The van der Waals surface area contributed by atoms with Crippen LogP contribution in [0.25, 0.3) is 6.08 Å². The summed E-state index contributed by atoms with van der Waals surface area (Å²) in [4.78, 5) is 26.9. The van der Waals surface area contributed by atoms with Crippen LogP contribution >= 0.6 is 39.9 Å². The topological polar surface area (TPSA) is 58.6 Å². The third-order valence-corrected chi connectivity index (χ3v) is 8.80. The van der Waals surface area contributed by atoms with Gasteiger partial charge in [-0.1, -0.05) is 27.7 Å². The van der Waals surface area contributed by atoms with Gasteiger partial charge in [0.1, 0.15) is 5.75 Å². The first-order valence-corrected chi connectivity index (χ1v) is 12.3. The summed E-state index contributed by atoms with van der Waals surface area (Å²) in [7, 11) is 1.59. The van der Waals surface area contributed by atoms with Gasteiger partial charge in [-0.15, -0.1) is 0 Å². The van der Waals surface area contributed by atoms with Crippen LogP contribution in [-0.4, -0.2) is 28.3 Å². The molecule has 1 saturated heterocycles. The third kappa shape index (κ3) is 3.50. The lowest BCUT2D eigenvalue weighted by molar-refractivity contribution is -0.152. The van der Waals surface area contributed by atoms with Gasteiger partial charge in [0, 0.05) is 10.0 Å². The lowest BCUT2D eigenvalue weighted by Gasteiger charge is -2.55. The molecular weight excluding hydrogens is 484 g/mol. The number of nitrogens with one attached hydrogen (secondary N) is 1. The number of thiocarbonyl (C=S) groups is 1. The van der Waals surface area contributed by atoms with Gasteiger partial charge in [0.2, 0.25) is 5.91 Å². The minimum absolute atomic E-state index is 0.0285. The van der Waals surface area contributed by atoms with E-state index in [-0.39, 0.29) is 17.2 Å². The van der Waals surface area contributed by atoms with Crippen molar-refractivity contribution in [2.45, 2.75) is 38.5 Å². The van der Waals surface area contributed by atoms with E-state index in [1.807, 2.05) is 18.2 Å². The maximum atomic E-state index is 13.3. The number of benzene rings is 1. The van der Waals surface area contributed by atoms with Crippen LogP contribution in [0.2, 0.25) is 0 Å². The fraction of sp³-hybridized carbons (Fsp3) is 0.500. The summed E-state index contributed by atoms with van der Waals surface area (Å²) in [5.74, 6) is 2.34. The van der Waals surface area contributed by atoms with Crippen molar-refractivity contribution in [1.82, 2.24) is 10.4 Å². The van der Waals surface area contributed by atoms with Crippen LogP contribution in [0.5, 0.6) is 5.75 Å². The molecule has 1 aromatic rings. The van der Waals surface area contributed by atoms with Crippen LogP contribution in [0.15, 0.2) is 27.6 Å². The summed E-state index contributed by atoms with van der Waals surface area (Å²) >= 11 is 10.1. The number of thioether (sulfide) groups is 1. The lowest BCUT2D eigenvalue weighted by Crippen LogP contribution is -2.57. The van der Waals surface area contributed by atoms with Gasteiger partial charge < -0.3 is 4.74 Å². The fourth-order valence-electron chi connectivity index (χ4n) is 6.13. The van der Waals surface area contributed by atoms with Crippen LogP contribution in [-0.2, 0) is 9.59 Å². The van der Waals surface area contributed by atoms with E-state index >= 15 is 0 Å². The minimum atomic E-state index is -0.324. The summed E-state index contributed by atoms with van der Waals surface area (Å²) in [6, 6.07) is 5.61. The largest absolute Gasteiger partial charge is 0.496 e. The Balaban J connectivity index is 1.35. The molecule has 5 fully saturated rings. The van der Waals surface area contributed by atoms with Gasteiger partial charge in [-0.2, -0.15) is 5.01 Å². The van der Waals surface area contributed by atoms with Gasteiger partial charge in [-0.25, -0.2) is 0 Å². The van der Waals surface area contributed by atoms with Crippen molar-refractivity contribution in [2.75, 3.05) is 7.11 Å². The summed E-state index contributed by atoms with van der Waals surface area (Å²) in [6.07, 6.45) is 8.42. The number of ether oxygens (including phenoxy) is 1. The molecule has 1 heterocycles. The number of nitrogens with zero attached hydrogens (tertiary/aromatic N) is 1. The number of carbonyl (C=O) groups excluding carboxylic acids is 2. The van der Waals surface area contributed by atoms with E-state index in [1.54, 1.807) is 13.2 Å². The molecule has 8 heteroatoms. The molecule has 2 amide bonds. The minimum Gasteiger partial charge on any atom is -0.496 e. The fourth-order valence-corrected chi connectivity index (χ4v) is 7.68. The van der Waals surface area contributed by atoms with E-state index in [4.69, 9.17) is 17.0 Å². The Bertz CT molecular complexity index is 942. The quantitative estimate of drug-likeness (QED) is 0.464. The molecule has 4 saturated carbocycles. The number of carbonyl (C=O) groups is 2. The summed E-state index contributed by atoms with van der Waals surface area (Å²) < 4.78 is 6.65. The maximum Gasteiger partial charge on any atom is 0.285 e. The number of rotatable bonds is 4. The monoisotopic (exact) mass is 506 g/mol. The van der Waals surface area contributed by atoms with Gasteiger partial charge in [-0.05, 0) is 92.8 Å². The zero-order chi connectivity index (χ0) is 21.0. The van der Waals surface area contributed by atoms with Crippen molar-refractivity contribution in [1.29, 1.82) is 0 Å². The van der Waals surface area contributed by atoms with Crippen molar-refractivity contribution >= 4 is 62.1 Å². The average molecular weight is 507 g/mol. The summed E-state index contributed by atoms with van der Waals surface area (Å²) in [6.45, 7) is 0. The SMILES string of the molecule is COc1ccc(Br)cc1/C=C1/SC(=S)N(NC(=O)C23CC4CC(CC(C4)C2)C3)C1=O. The highest BCUT2D eigenvalue weighted by Crippen LogP contribution is 2.60. The molecule has 158 valence electrons. The highest BCUT2D eigenvalue weighted by molar-refractivity contribution is 9.10. The molecule has 1 aliphatic heterocycles. The van der Waals surface area contributed by atoms with E-state index in [0.29, 0.717) is 32.7 Å². The Morgan fingerprint density at radius 3 is 2.50 bits per heavy atom. The standard InChI is InChI=1S/C22H23BrN2O3S2/c1-28-17-3-2-16(23)7-15(17)8-18-19(26)25(21(29)30-18)24-20(27)22-9-12-4-13(10-22)6-14(5-12)11-22/h2-3,7-8,12-14H,4-6,9-11H2,1H3,(H,24,27)/b18-8+. The van der Waals surface area contributed by atoms with Gasteiger partial charge in [0.15, 0.2) is 4.32 Å². The molecule has 0 aromatic heterocycles. The van der Waals surface area contributed by atoms with Crippen molar-refractivity contribution < 1.29 is 14.3 Å². The predicted octanol–water partition coefficient (Wildman–Crippen LogP) is 4.91. The molecule has 0 unspecified atom stereocenters. The van der Waals surface area contributed by atoms with Crippen LogP contribution in [0.3, 0.4) is 0 Å². The van der Waals surface area contributed by atoms with E-state index in [9.17, 15) is 9.59 Å². The number of halogens is 1. The molecule has 5 aliphatic rings. The molecule has 6 rings (SSSR count). The van der Waals surface area contributed by atoms with Gasteiger partial charge >= 0.3 is 0 Å². The molecule has 1 aromatic carbocycles. The zero-order valence-electron chi connectivity index (χ0n) is 16.7. The van der Waals surface area contributed by atoms with E-state index < -0.39 is 0 Å². The second kappa shape index (κ2) is 7.64. The number of hydrazine groups is 1. The Morgan fingerprint density at radius 1 is 1.27 bits per heavy atom. The summed E-state index contributed by atoms with van der Waals surface area (Å²) in [5.41, 5.74) is 3.35. The van der Waals surface area contributed by atoms with Crippen LogP contribution in [0.1, 0.15) is 44.1 Å². The van der Waals surface area contributed by atoms with Gasteiger partial charge in [-0.3, -0.25) is 15.0 Å². The van der Waals surface area contributed by atoms with Crippen molar-refractivity contribution in [2.24, 2.45) is 23.2 Å². The first-order chi connectivity index (χ1) is 14.4. The molecule has 0 spiro atoms. The number of methoxy groups -OCH3 is 1. The molecule has 30 heavy (non-hydrogen) atoms. The molecule has 4 aliphatic carbocycles. The van der Waals surface area contributed by atoms with Crippen molar-refractivity contribution in [3.8, 4) is 5.75 Å². The lowest BCUT2D eigenvalue weighted by atomic mass is 9.49. The van der Waals surface area contributed by atoms with Gasteiger partial charge in [0.05, 0.1) is 17.4 Å². The Kier molecular flexibility index (Phi) is 5.22. The third-order valence-electron chi connectivity index (χ3n) is 7.01. The molecule has 0 radical (unpaired) electrons. The van der Waals surface area contributed by atoms with Crippen molar-refractivity contribution in [3.63, 3.8) is 0 Å². The summed E-state index contributed by atoms with van der Waals surface area (Å²) in [5, 5.41) is 1.26. The molecular formula is C22H23BrN2O3S2. The molecule has 4 bridgehead atoms. The Hall–Kier alpha value is -1.38. The Labute approximate surface area is 194 Å². The first kappa shape index (κ1) is 20.5. The van der Waals surface area contributed by atoms with E-state index in [1.165, 1.54) is 36.0 Å². The van der Waals surface area contributed by atoms with Crippen molar-refractivity contribution in [3.05, 3.63) is 33.1 Å². The predicted molar refractivity (Wildman–Crippen MR) is 124 cm³/mol. The molecule has 0 atom stereocenters. The molecule has 1 N–H and O–H groups in total. The van der Waals surface area contributed by atoms with E-state index in [2.05, 4.69) is 21.4 Å². The number of amides is 2. The zero-order valence-corrected chi connectivity index (χ0v) is 19.9. The van der Waals surface area contributed by atoms with Crippen LogP contribution < -0.4 is 10.2 Å². The second-order valence-electron chi connectivity index (χ2n) is 9.04. The second-order valence-corrected chi connectivity index (χ2v) is 11.6. The smallest absolute Gasteiger partial charge is 0.285 e. The normalized spacial score (nSPS) is 33.5. The average Bonchev–Trinajstić information content (AvgIpc) is 2.94. The number of hydrogen-bond donors (Lipinski definition) is 1. The maximum absolute atomic E-state index is 13.3.